The van der Waals surface area contributed by atoms with Crippen molar-refractivity contribution in [2.75, 3.05) is 26.3 Å². The third kappa shape index (κ3) is 3.39. The van der Waals surface area contributed by atoms with Crippen LogP contribution in [0.15, 0.2) is 24.3 Å². The van der Waals surface area contributed by atoms with Crippen LogP contribution in [0.2, 0.25) is 0 Å². The summed E-state index contributed by atoms with van der Waals surface area (Å²) in [6, 6.07) is 8.70. The Hall–Kier alpha value is -1.10. The summed E-state index contributed by atoms with van der Waals surface area (Å²) in [5, 5.41) is 0. The Labute approximate surface area is 127 Å². The average Bonchev–Trinajstić information content (AvgIpc) is 3.00. The lowest BCUT2D eigenvalue weighted by Gasteiger charge is -2.37. The molecule has 2 aliphatic rings. The van der Waals surface area contributed by atoms with E-state index in [9.17, 15) is 0 Å². The topological polar surface area (TPSA) is 47.7 Å². The lowest BCUT2D eigenvalue weighted by molar-refractivity contribution is -0.0597. The summed E-state index contributed by atoms with van der Waals surface area (Å²) in [4.78, 5) is 2.53. The summed E-state index contributed by atoms with van der Waals surface area (Å²) in [5.74, 6) is 0.914. The number of morpholine rings is 1. The first-order chi connectivity index (χ1) is 10.3. The fourth-order valence-electron chi connectivity index (χ4n) is 3.28. The van der Waals surface area contributed by atoms with Crippen LogP contribution in [0.4, 0.5) is 0 Å². The molecule has 116 valence electrons. The van der Waals surface area contributed by atoms with Crippen LogP contribution in [0.25, 0.3) is 0 Å². The van der Waals surface area contributed by atoms with Gasteiger partial charge in [-0.1, -0.05) is 19.1 Å². The van der Waals surface area contributed by atoms with E-state index >= 15 is 0 Å². The van der Waals surface area contributed by atoms with E-state index in [4.69, 9.17) is 15.2 Å². The molecule has 2 N–H and O–H groups in total. The summed E-state index contributed by atoms with van der Waals surface area (Å²) in [6.45, 7) is 5.85. The maximum absolute atomic E-state index is 6.41. The highest BCUT2D eigenvalue weighted by Crippen LogP contribution is 2.28. The zero-order valence-corrected chi connectivity index (χ0v) is 12.8. The van der Waals surface area contributed by atoms with Crippen LogP contribution >= 0.6 is 0 Å². The van der Waals surface area contributed by atoms with Gasteiger partial charge in [-0.05, 0) is 43.5 Å². The predicted octanol–water partition coefficient (Wildman–Crippen LogP) is 2.34. The van der Waals surface area contributed by atoms with Crippen molar-refractivity contribution in [2.45, 2.75) is 44.4 Å². The molecule has 2 fully saturated rings. The van der Waals surface area contributed by atoms with Crippen molar-refractivity contribution in [3.8, 4) is 5.75 Å². The van der Waals surface area contributed by atoms with E-state index in [1.807, 2.05) is 12.1 Å². The number of ether oxygens (including phenoxy) is 2. The second-order valence-corrected chi connectivity index (χ2v) is 6.11. The average molecular weight is 290 g/mol. The lowest BCUT2D eigenvalue weighted by atomic mass is 10.00. The largest absolute Gasteiger partial charge is 0.494 e. The van der Waals surface area contributed by atoms with Gasteiger partial charge in [-0.2, -0.15) is 0 Å². The van der Waals surface area contributed by atoms with Crippen molar-refractivity contribution < 1.29 is 9.47 Å². The first-order valence-electron chi connectivity index (χ1n) is 8.12. The van der Waals surface area contributed by atoms with Gasteiger partial charge in [-0.25, -0.2) is 0 Å². The Morgan fingerprint density at radius 1 is 1.38 bits per heavy atom. The molecule has 0 radical (unpaired) electrons. The first kappa shape index (κ1) is 14.8. The van der Waals surface area contributed by atoms with Gasteiger partial charge >= 0.3 is 0 Å². The fraction of sp³-hybridized carbons (Fsp3) is 0.647. The Bertz CT molecular complexity index is 449. The number of rotatable bonds is 5. The smallest absolute Gasteiger partial charge is 0.119 e. The summed E-state index contributed by atoms with van der Waals surface area (Å²) >= 11 is 0. The van der Waals surface area contributed by atoms with Gasteiger partial charge in [0.25, 0.3) is 0 Å². The van der Waals surface area contributed by atoms with E-state index in [2.05, 4.69) is 24.0 Å². The quantitative estimate of drug-likeness (QED) is 0.904. The van der Waals surface area contributed by atoms with Gasteiger partial charge in [0, 0.05) is 12.6 Å². The molecule has 0 spiro atoms. The number of hydrogen-bond donors (Lipinski definition) is 1. The Balaban J connectivity index is 1.60. The van der Waals surface area contributed by atoms with Crippen molar-refractivity contribution in [1.82, 2.24) is 4.90 Å². The second kappa shape index (κ2) is 6.77. The molecule has 3 unspecified atom stereocenters. The molecule has 4 heteroatoms. The van der Waals surface area contributed by atoms with Crippen LogP contribution in [0.3, 0.4) is 0 Å². The summed E-state index contributed by atoms with van der Waals surface area (Å²) < 4.78 is 11.6. The molecule has 2 heterocycles. The molecule has 0 bridgehead atoms. The number of nitrogens with zero attached hydrogens (tertiary/aromatic N) is 1. The van der Waals surface area contributed by atoms with Crippen molar-refractivity contribution in [1.29, 1.82) is 0 Å². The van der Waals surface area contributed by atoms with Gasteiger partial charge in [-0.3, -0.25) is 4.90 Å². The number of nitrogens with two attached hydrogens (primary N) is 1. The van der Waals surface area contributed by atoms with E-state index < -0.39 is 0 Å². The van der Waals surface area contributed by atoms with Gasteiger partial charge in [0.05, 0.1) is 25.4 Å². The summed E-state index contributed by atoms with van der Waals surface area (Å²) in [6.07, 6.45) is 3.68. The van der Waals surface area contributed by atoms with Gasteiger partial charge in [-0.15, -0.1) is 0 Å². The SMILES string of the molecule is CCCOc1ccc(C(N)C2CN3CCCC3CO2)cc1. The molecule has 2 aliphatic heterocycles. The highest BCUT2D eigenvalue weighted by Gasteiger charge is 2.35. The molecule has 21 heavy (non-hydrogen) atoms. The van der Waals surface area contributed by atoms with Crippen LogP contribution in [-0.4, -0.2) is 43.3 Å². The third-order valence-electron chi connectivity index (χ3n) is 4.55. The van der Waals surface area contributed by atoms with Gasteiger partial charge in [0.15, 0.2) is 0 Å². The molecule has 0 amide bonds. The summed E-state index contributed by atoms with van der Waals surface area (Å²) in [5.41, 5.74) is 7.54. The Morgan fingerprint density at radius 3 is 2.95 bits per heavy atom. The van der Waals surface area contributed by atoms with Gasteiger partial charge < -0.3 is 15.2 Å². The van der Waals surface area contributed by atoms with Crippen LogP contribution < -0.4 is 10.5 Å². The number of hydrogen-bond acceptors (Lipinski definition) is 4. The Kier molecular flexibility index (Phi) is 4.78. The maximum Gasteiger partial charge on any atom is 0.119 e. The molecule has 1 aromatic rings. The lowest BCUT2D eigenvalue weighted by Crippen LogP contribution is -2.49. The zero-order valence-electron chi connectivity index (χ0n) is 12.8. The van der Waals surface area contributed by atoms with Crippen LogP contribution in [0, 0.1) is 0 Å². The number of fused-ring (bicyclic) bond motifs is 1. The van der Waals surface area contributed by atoms with Crippen LogP contribution in [0.5, 0.6) is 5.75 Å². The van der Waals surface area contributed by atoms with E-state index in [-0.39, 0.29) is 12.1 Å². The molecular formula is C17H26N2O2. The molecule has 4 nitrogen and oxygen atoms in total. The molecule has 1 aromatic carbocycles. The third-order valence-corrected chi connectivity index (χ3v) is 4.55. The minimum atomic E-state index is -0.0632. The number of benzene rings is 1. The van der Waals surface area contributed by atoms with E-state index in [0.717, 1.165) is 37.5 Å². The standard InChI is InChI=1S/C17H26N2O2/c1-2-10-20-15-7-5-13(6-8-15)17(18)16-11-19-9-3-4-14(19)12-21-16/h5-8,14,16-17H,2-4,9-12,18H2,1H3. The highest BCUT2D eigenvalue weighted by molar-refractivity contribution is 5.29. The highest BCUT2D eigenvalue weighted by atomic mass is 16.5. The molecule has 3 rings (SSSR count). The second-order valence-electron chi connectivity index (χ2n) is 6.11. The minimum Gasteiger partial charge on any atom is -0.494 e. The first-order valence-corrected chi connectivity index (χ1v) is 8.12. The maximum atomic E-state index is 6.41. The predicted molar refractivity (Wildman–Crippen MR) is 83.5 cm³/mol. The Morgan fingerprint density at radius 2 is 2.19 bits per heavy atom. The molecule has 0 aromatic heterocycles. The van der Waals surface area contributed by atoms with Gasteiger partial charge in [0.2, 0.25) is 0 Å². The van der Waals surface area contributed by atoms with Gasteiger partial charge in [0.1, 0.15) is 5.75 Å². The van der Waals surface area contributed by atoms with Crippen molar-refractivity contribution in [3.05, 3.63) is 29.8 Å². The van der Waals surface area contributed by atoms with E-state index in [1.165, 1.54) is 19.4 Å². The normalized spacial score (nSPS) is 27.3. The van der Waals surface area contributed by atoms with Crippen molar-refractivity contribution >= 4 is 0 Å². The molecule has 0 saturated carbocycles. The minimum absolute atomic E-state index is 0.0632. The monoisotopic (exact) mass is 290 g/mol. The molecular weight excluding hydrogens is 264 g/mol. The van der Waals surface area contributed by atoms with Crippen molar-refractivity contribution in [3.63, 3.8) is 0 Å². The van der Waals surface area contributed by atoms with E-state index in [0.29, 0.717) is 6.04 Å². The molecule has 3 atom stereocenters. The summed E-state index contributed by atoms with van der Waals surface area (Å²) in [7, 11) is 0. The fourth-order valence-corrected chi connectivity index (χ4v) is 3.28. The van der Waals surface area contributed by atoms with Crippen LogP contribution in [-0.2, 0) is 4.74 Å². The van der Waals surface area contributed by atoms with Crippen LogP contribution in [0.1, 0.15) is 37.8 Å². The molecule has 2 saturated heterocycles. The van der Waals surface area contributed by atoms with E-state index in [1.54, 1.807) is 0 Å². The van der Waals surface area contributed by atoms with Crippen molar-refractivity contribution in [2.24, 2.45) is 5.73 Å². The zero-order chi connectivity index (χ0) is 14.7. The molecule has 0 aliphatic carbocycles.